The summed E-state index contributed by atoms with van der Waals surface area (Å²) in [5.41, 5.74) is 0. The van der Waals surface area contributed by atoms with Crippen molar-refractivity contribution in [2.45, 2.75) is 0 Å². The van der Waals surface area contributed by atoms with Gasteiger partial charge in [0.05, 0.1) is 0 Å². The zero-order valence-electron chi connectivity index (χ0n) is 4.16. The molecule has 0 aromatic rings. The molecule has 0 fully saturated rings. The molecular formula is H3KO7S3. The van der Waals surface area contributed by atoms with E-state index in [0.29, 0.717) is 0 Å². The summed E-state index contributed by atoms with van der Waals surface area (Å²) in [6.45, 7) is 0. The topological polar surface area (TPSA) is 110 Å². The molecule has 11 heavy (non-hydrogen) atoms. The van der Waals surface area contributed by atoms with Crippen LogP contribution in [0.3, 0.4) is 0 Å². The van der Waals surface area contributed by atoms with E-state index >= 15 is 0 Å². The van der Waals surface area contributed by atoms with Gasteiger partial charge >= 0.3 is 85.5 Å². The SMILES string of the molecule is O=S(O)OS(=O)OS(=O)O.[KH]. The summed E-state index contributed by atoms with van der Waals surface area (Å²) in [5.74, 6) is 0. The Hall–Kier alpha value is 1.93. The summed E-state index contributed by atoms with van der Waals surface area (Å²) in [6.07, 6.45) is 0. The first-order valence-corrected chi connectivity index (χ1v) is 4.60. The molecule has 2 atom stereocenters. The van der Waals surface area contributed by atoms with Gasteiger partial charge < -0.3 is 0 Å². The van der Waals surface area contributed by atoms with Crippen LogP contribution < -0.4 is 0 Å². The molecule has 11 heteroatoms. The standard InChI is InChI=1S/K.H2O7S3.H/c;1-8(2)6-10(5)7-9(3)4;/h;(H,1,2)(H,3,4);. The fourth-order valence-corrected chi connectivity index (χ4v) is 1.16. The second-order valence-electron chi connectivity index (χ2n) is 0.774. The average molecular weight is 250 g/mol. The number of hydrogen-bond donors (Lipinski definition) is 2. The van der Waals surface area contributed by atoms with E-state index in [2.05, 4.69) is 7.26 Å². The summed E-state index contributed by atoms with van der Waals surface area (Å²) >= 11 is -8.25. The Bertz CT molecular complexity index is 157. The molecule has 0 aliphatic rings. The molecule has 0 amide bonds. The molecule has 0 aliphatic carbocycles. The van der Waals surface area contributed by atoms with Crippen LogP contribution >= 0.6 is 0 Å². The third-order valence-corrected chi connectivity index (χ3v) is 2.05. The van der Waals surface area contributed by atoms with Crippen molar-refractivity contribution in [3.8, 4) is 0 Å². The molecule has 2 unspecified atom stereocenters. The van der Waals surface area contributed by atoms with E-state index in [1.165, 1.54) is 0 Å². The molecule has 7 nitrogen and oxygen atoms in total. The Morgan fingerprint density at radius 1 is 0.909 bits per heavy atom. The average Bonchev–Trinajstić information content (AvgIpc) is 1.58. The molecule has 0 aromatic carbocycles. The summed E-state index contributed by atoms with van der Waals surface area (Å²) in [4.78, 5) is 0. The molecule has 64 valence electrons. The van der Waals surface area contributed by atoms with E-state index in [1.807, 2.05) is 0 Å². The van der Waals surface area contributed by atoms with E-state index in [9.17, 15) is 12.6 Å². The predicted molar refractivity (Wildman–Crippen MR) is 39.0 cm³/mol. The third-order valence-electron chi connectivity index (χ3n) is 0.228. The maximum atomic E-state index is 10.0. The van der Waals surface area contributed by atoms with Crippen LogP contribution in [-0.4, -0.2) is 73.1 Å². The first-order chi connectivity index (χ1) is 4.52. The van der Waals surface area contributed by atoms with Crippen molar-refractivity contribution < 1.29 is 29.0 Å². The van der Waals surface area contributed by atoms with Gasteiger partial charge in [0.1, 0.15) is 0 Å². The van der Waals surface area contributed by atoms with Crippen molar-refractivity contribution in [3.05, 3.63) is 0 Å². The predicted octanol–water partition coefficient (Wildman–Crippen LogP) is -1.78. The van der Waals surface area contributed by atoms with Crippen molar-refractivity contribution in [2.24, 2.45) is 0 Å². The van der Waals surface area contributed by atoms with Crippen LogP contribution in [0.4, 0.5) is 0 Å². The van der Waals surface area contributed by atoms with Gasteiger partial charge in [-0.1, -0.05) is 0 Å². The normalized spacial score (nSPS) is 18.0. The molecule has 0 saturated heterocycles. The van der Waals surface area contributed by atoms with E-state index in [0.717, 1.165) is 0 Å². The van der Waals surface area contributed by atoms with E-state index < -0.39 is 34.1 Å². The zero-order valence-corrected chi connectivity index (χ0v) is 6.61. The summed E-state index contributed by atoms with van der Waals surface area (Å²) in [5, 5.41) is 0. The van der Waals surface area contributed by atoms with Crippen molar-refractivity contribution in [2.75, 3.05) is 0 Å². The Kier molecular flexibility index (Phi) is 11.9. The Morgan fingerprint density at radius 3 is 1.36 bits per heavy atom. The van der Waals surface area contributed by atoms with Gasteiger partial charge in [0.15, 0.2) is 0 Å². The van der Waals surface area contributed by atoms with Gasteiger partial charge in [-0.3, -0.25) is 9.11 Å². The van der Waals surface area contributed by atoms with Crippen molar-refractivity contribution in [3.63, 3.8) is 0 Å². The van der Waals surface area contributed by atoms with Crippen LogP contribution in [0, 0.1) is 0 Å². The molecule has 2 N–H and O–H groups in total. The first-order valence-electron chi connectivity index (χ1n) is 1.53. The summed E-state index contributed by atoms with van der Waals surface area (Å²) in [7, 11) is 0. The van der Waals surface area contributed by atoms with Gasteiger partial charge in [0.25, 0.3) is 0 Å². The van der Waals surface area contributed by atoms with Gasteiger partial charge in [-0.05, 0) is 0 Å². The van der Waals surface area contributed by atoms with Crippen LogP contribution in [0.25, 0.3) is 0 Å². The molecule has 0 aromatic heterocycles. The molecule has 0 aliphatic heterocycles. The van der Waals surface area contributed by atoms with Crippen LogP contribution in [0.5, 0.6) is 0 Å². The van der Waals surface area contributed by atoms with E-state index in [-0.39, 0.29) is 51.4 Å². The number of rotatable bonds is 4. The molecule has 0 spiro atoms. The Balaban J connectivity index is 0. The Labute approximate surface area is 112 Å². The van der Waals surface area contributed by atoms with Crippen molar-refractivity contribution in [1.29, 1.82) is 0 Å². The van der Waals surface area contributed by atoms with Crippen LogP contribution in [0.1, 0.15) is 0 Å². The molecular weight excluding hydrogens is 247 g/mol. The second-order valence-corrected chi connectivity index (χ2v) is 3.14. The molecule has 0 rings (SSSR count). The molecule has 0 saturated carbocycles. The first kappa shape index (κ1) is 15.4. The molecule has 0 bridgehead atoms. The fourth-order valence-electron chi connectivity index (χ4n) is 0.106. The summed E-state index contributed by atoms with van der Waals surface area (Å²) in [6, 6.07) is 0. The molecule has 0 radical (unpaired) electrons. The quantitative estimate of drug-likeness (QED) is 0.448. The molecule has 0 heterocycles. The van der Waals surface area contributed by atoms with Crippen molar-refractivity contribution in [1.82, 2.24) is 0 Å². The van der Waals surface area contributed by atoms with Crippen LogP contribution in [0.2, 0.25) is 0 Å². The van der Waals surface area contributed by atoms with Crippen LogP contribution in [0.15, 0.2) is 0 Å². The maximum absolute atomic E-state index is 10.0. The number of hydrogen-bond acceptors (Lipinski definition) is 5. The van der Waals surface area contributed by atoms with Gasteiger partial charge in [0, 0.05) is 0 Å². The van der Waals surface area contributed by atoms with E-state index in [1.54, 1.807) is 0 Å². The second kappa shape index (κ2) is 8.52. The van der Waals surface area contributed by atoms with Crippen LogP contribution in [-0.2, 0) is 41.3 Å². The van der Waals surface area contributed by atoms with Crippen molar-refractivity contribution >= 4 is 85.5 Å². The summed E-state index contributed by atoms with van der Waals surface area (Å²) < 4.78 is 51.9. The third kappa shape index (κ3) is 11.9. The zero-order chi connectivity index (χ0) is 8.15. The minimum absolute atomic E-state index is 0. The van der Waals surface area contributed by atoms with E-state index in [4.69, 9.17) is 9.11 Å². The Morgan fingerprint density at radius 2 is 1.18 bits per heavy atom. The van der Waals surface area contributed by atoms with Gasteiger partial charge in [-0.2, -0.15) is 12.6 Å². The van der Waals surface area contributed by atoms with Gasteiger partial charge in [-0.25, -0.2) is 0 Å². The van der Waals surface area contributed by atoms with Gasteiger partial charge in [0.2, 0.25) is 0 Å². The minimum atomic E-state index is -2.78. The van der Waals surface area contributed by atoms with Gasteiger partial charge in [-0.15, -0.1) is 7.26 Å². The fraction of sp³-hybridized carbons (Fsp3) is 0. The monoisotopic (exact) mass is 250 g/mol.